The van der Waals surface area contributed by atoms with Gasteiger partial charge in [-0.2, -0.15) is 0 Å². The van der Waals surface area contributed by atoms with Crippen LogP contribution in [0.15, 0.2) is 71.6 Å². The first-order valence-electron chi connectivity index (χ1n) is 10.1. The van der Waals surface area contributed by atoms with E-state index in [-0.39, 0.29) is 16.8 Å². The molecular weight excluding hydrogens is 432 g/mol. The van der Waals surface area contributed by atoms with Crippen molar-refractivity contribution in [1.82, 2.24) is 0 Å². The van der Waals surface area contributed by atoms with Crippen LogP contribution in [0, 0.1) is 0 Å². The Morgan fingerprint density at radius 1 is 1.06 bits per heavy atom. The number of benzene rings is 3. The summed E-state index contributed by atoms with van der Waals surface area (Å²) >= 11 is 5.91. The standard InChI is InChI=1S/C24H23ClN2O3S/c1-3-17-4-9-21(10-5-17)26-24(28)18-6-13-23-19(15-18)14-16(2)27(23)31(29,30)22-11-7-20(25)8-12-22/h4-13,15-16H,3,14H2,1-2H3,(H,26,28)/t16-/m1/s1. The molecule has 1 N–H and O–H groups in total. The van der Waals surface area contributed by atoms with Crippen molar-refractivity contribution >= 4 is 38.9 Å². The van der Waals surface area contributed by atoms with Crippen molar-refractivity contribution in [2.45, 2.75) is 37.6 Å². The second kappa shape index (κ2) is 8.36. The zero-order valence-corrected chi connectivity index (χ0v) is 18.9. The van der Waals surface area contributed by atoms with Gasteiger partial charge in [0.2, 0.25) is 0 Å². The first-order valence-corrected chi connectivity index (χ1v) is 11.9. The van der Waals surface area contributed by atoms with Crippen LogP contribution in [0.2, 0.25) is 5.02 Å². The molecule has 0 aromatic heterocycles. The monoisotopic (exact) mass is 454 g/mol. The van der Waals surface area contributed by atoms with E-state index in [2.05, 4.69) is 12.2 Å². The van der Waals surface area contributed by atoms with Gasteiger partial charge in [0.25, 0.3) is 15.9 Å². The third kappa shape index (κ3) is 4.18. The number of anilines is 2. The fourth-order valence-corrected chi connectivity index (χ4v) is 5.68. The Morgan fingerprint density at radius 2 is 1.74 bits per heavy atom. The van der Waals surface area contributed by atoms with Gasteiger partial charge in [-0.3, -0.25) is 9.10 Å². The zero-order chi connectivity index (χ0) is 22.2. The number of fused-ring (bicyclic) bond motifs is 1. The van der Waals surface area contributed by atoms with E-state index in [1.165, 1.54) is 22.0 Å². The summed E-state index contributed by atoms with van der Waals surface area (Å²) in [6, 6.07) is 18.8. The van der Waals surface area contributed by atoms with Crippen LogP contribution in [0.25, 0.3) is 0 Å². The SMILES string of the molecule is CCc1ccc(NC(=O)c2ccc3c(c2)C[C@@H](C)N3S(=O)(=O)c2ccc(Cl)cc2)cc1. The molecule has 1 aliphatic rings. The van der Waals surface area contributed by atoms with E-state index in [1.807, 2.05) is 31.2 Å². The number of aryl methyl sites for hydroxylation is 1. The summed E-state index contributed by atoms with van der Waals surface area (Å²) in [5, 5.41) is 3.38. The largest absolute Gasteiger partial charge is 0.322 e. The van der Waals surface area contributed by atoms with Crippen molar-refractivity contribution in [1.29, 1.82) is 0 Å². The maximum atomic E-state index is 13.2. The molecule has 0 spiro atoms. The van der Waals surface area contributed by atoms with Gasteiger partial charge in [0.1, 0.15) is 0 Å². The minimum atomic E-state index is -3.73. The Labute approximate surface area is 187 Å². The number of rotatable bonds is 5. The van der Waals surface area contributed by atoms with Crippen LogP contribution in [-0.4, -0.2) is 20.4 Å². The van der Waals surface area contributed by atoms with Crippen LogP contribution in [0.1, 0.15) is 35.3 Å². The molecule has 0 bridgehead atoms. The summed E-state index contributed by atoms with van der Waals surface area (Å²) in [4.78, 5) is 12.9. The number of halogens is 1. The van der Waals surface area contributed by atoms with Gasteiger partial charge >= 0.3 is 0 Å². The zero-order valence-electron chi connectivity index (χ0n) is 17.3. The molecular formula is C24H23ClN2O3S. The molecule has 0 saturated carbocycles. The van der Waals surface area contributed by atoms with Gasteiger partial charge < -0.3 is 5.32 Å². The summed E-state index contributed by atoms with van der Waals surface area (Å²) in [5.41, 5.74) is 3.86. The summed E-state index contributed by atoms with van der Waals surface area (Å²) in [6.45, 7) is 3.94. The van der Waals surface area contributed by atoms with Gasteiger partial charge in [-0.1, -0.05) is 30.7 Å². The minimum absolute atomic E-state index is 0.189. The Morgan fingerprint density at radius 3 is 2.39 bits per heavy atom. The smallest absolute Gasteiger partial charge is 0.264 e. The number of carbonyl (C=O) groups is 1. The van der Waals surface area contributed by atoms with Crippen LogP contribution < -0.4 is 9.62 Å². The number of hydrogen-bond donors (Lipinski definition) is 1. The minimum Gasteiger partial charge on any atom is -0.322 e. The van der Waals surface area contributed by atoms with Crippen molar-refractivity contribution < 1.29 is 13.2 Å². The average molecular weight is 455 g/mol. The van der Waals surface area contributed by atoms with E-state index in [0.717, 1.165) is 17.7 Å². The molecule has 0 unspecified atom stereocenters. The van der Waals surface area contributed by atoms with E-state index < -0.39 is 10.0 Å². The van der Waals surface area contributed by atoms with Crippen LogP contribution in [0.5, 0.6) is 0 Å². The van der Waals surface area contributed by atoms with Crippen molar-refractivity contribution in [3.05, 3.63) is 88.4 Å². The highest BCUT2D eigenvalue weighted by atomic mass is 35.5. The van der Waals surface area contributed by atoms with Gasteiger partial charge in [0.05, 0.1) is 10.6 Å². The topological polar surface area (TPSA) is 66.5 Å². The Balaban J connectivity index is 1.60. The van der Waals surface area contributed by atoms with Crippen molar-refractivity contribution in [2.24, 2.45) is 0 Å². The first kappa shape index (κ1) is 21.4. The Kier molecular flexibility index (Phi) is 5.77. The van der Waals surface area contributed by atoms with E-state index >= 15 is 0 Å². The molecule has 1 amide bonds. The molecule has 3 aromatic carbocycles. The second-order valence-electron chi connectivity index (χ2n) is 7.66. The lowest BCUT2D eigenvalue weighted by atomic mass is 10.1. The number of sulfonamides is 1. The Hall–Kier alpha value is -2.83. The molecule has 1 atom stereocenters. The van der Waals surface area contributed by atoms with Gasteiger partial charge in [-0.15, -0.1) is 0 Å². The molecule has 0 saturated heterocycles. The third-order valence-electron chi connectivity index (χ3n) is 5.49. The number of nitrogens with one attached hydrogen (secondary N) is 1. The van der Waals surface area contributed by atoms with Gasteiger partial charge in [-0.05, 0) is 85.5 Å². The molecule has 1 aliphatic heterocycles. The third-order valence-corrected chi connectivity index (χ3v) is 7.68. The fraction of sp³-hybridized carbons (Fsp3) is 0.208. The number of carbonyl (C=O) groups excluding carboxylic acids is 1. The van der Waals surface area contributed by atoms with E-state index in [0.29, 0.717) is 22.7 Å². The van der Waals surface area contributed by atoms with Crippen molar-refractivity contribution in [2.75, 3.05) is 9.62 Å². The summed E-state index contributed by atoms with van der Waals surface area (Å²) in [6.07, 6.45) is 1.47. The number of nitrogens with zero attached hydrogens (tertiary/aromatic N) is 1. The lowest BCUT2D eigenvalue weighted by Crippen LogP contribution is -2.35. The molecule has 7 heteroatoms. The lowest BCUT2D eigenvalue weighted by Gasteiger charge is -2.24. The molecule has 3 aromatic rings. The van der Waals surface area contributed by atoms with Crippen molar-refractivity contribution in [3.63, 3.8) is 0 Å². The predicted molar refractivity (Wildman–Crippen MR) is 124 cm³/mol. The highest BCUT2D eigenvalue weighted by molar-refractivity contribution is 7.92. The van der Waals surface area contributed by atoms with Gasteiger partial charge in [0.15, 0.2) is 0 Å². The Bertz CT molecular complexity index is 1220. The van der Waals surface area contributed by atoms with E-state index in [9.17, 15) is 13.2 Å². The van der Waals surface area contributed by atoms with Gasteiger partial charge in [0, 0.05) is 22.3 Å². The number of amides is 1. The highest BCUT2D eigenvalue weighted by Gasteiger charge is 2.36. The first-order chi connectivity index (χ1) is 14.8. The normalized spacial score (nSPS) is 15.6. The molecule has 0 radical (unpaired) electrons. The predicted octanol–water partition coefficient (Wildman–Crippen LogP) is 5.29. The molecule has 4 rings (SSSR count). The maximum absolute atomic E-state index is 13.2. The van der Waals surface area contributed by atoms with Gasteiger partial charge in [-0.25, -0.2) is 8.42 Å². The molecule has 0 aliphatic carbocycles. The van der Waals surface area contributed by atoms with Crippen LogP contribution in [-0.2, 0) is 22.9 Å². The van der Waals surface area contributed by atoms with E-state index in [1.54, 1.807) is 30.3 Å². The molecule has 1 heterocycles. The average Bonchev–Trinajstić information content (AvgIpc) is 3.10. The molecule has 0 fully saturated rings. The lowest BCUT2D eigenvalue weighted by molar-refractivity contribution is 0.102. The quantitative estimate of drug-likeness (QED) is 0.569. The van der Waals surface area contributed by atoms with Crippen LogP contribution in [0.4, 0.5) is 11.4 Å². The van der Waals surface area contributed by atoms with E-state index in [4.69, 9.17) is 11.6 Å². The van der Waals surface area contributed by atoms with Crippen LogP contribution in [0.3, 0.4) is 0 Å². The fourth-order valence-electron chi connectivity index (χ4n) is 3.86. The molecule has 5 nitrogen and oxygen atoms in total. The summed E-state index contributed by atoms with van der Waals surface area (Å²) in [5.74, 6) is -0.223. The molecule has 31 heavy (non-hydrogen) atoms. The second-order valence-corrected chi connectivity index (χ2v) is 9.91. The summed E-state index contributed by atoms with van der Waals surface area (Å²) < 4.78 is 27.9. The summed E-state index contributed by atoms with van der Waals surface area (Å²) in [7, 11) is -3.73. The maximum Gasteiger partial charge on any atom is 0.264 e. The number of hydrogen-bond acceptors (Lipinski definition) is 3. The highest BCUT2D eigenvalue weighted by Crippen LogP contribution is 2.37. The molecule has 160 valence electrons. The van der Waals surface area contributed by atoms with Crippen LogP contribution >= 0.6 is 11.6 Å². The van der Waals surface area contributed by atoms with Crippen molar-refractivity contribution in [3.8, 4) is 0 Å².